The second kappa shape index (κ2) is 7.68. The summed E-state index contributed by atoms with van der Waals surface area (Å²) >= 11 is 3.34. The van der Waals surface area contributed by atoms with Gasteiger partial charge >= 0.3 is 5.97 Å². The molecule has 0 heterocycles. The summed E-state index contributed by atoms with van der Waals surface area (Å²) in [6.45, 7) is 1.95. The predicted molar refractivity (Wildman–Crippen MR) is 77.3 cm³/mol. The Kier molecular flexibility index (Phi) is 6.21. The van der Waals surface area contributed by atoms with Crippen molar-refractivity contribution in [3.63, 3.8) is 0 Å². The number of aldehydes is 1. The summed E-state index contributed by atoms with van der Waals surface area (Å²) in [5.74, 6) is -0.571. The standard InChI is InChI=1S/C13H15BrN2O3/c1-3-19-13(18)12(8-9-17)15-16(2)11-6-4-10(14)5-7-11/h4-7,9H,3,8H2,1-2H3/b15-12+. The average Bonchev–Trinajstić information content (AvgIpc) is 2.39. The number of ether oxygens (including phenoxy) is 1. The third-order valence-electron chi connectivity index (χ3n) is 2.26. The molecule has 0 spiro atoms. The van der Waals surface area contributed by atoms with Gasteiger partial charge in [-0.2, -0.15) is 5.10 Å². The molecule has 19 heavy (non-hydrogen) atoms. The molecule has 1 aromatic rings. The van der Waals surface area contributed by atoms with Crippen LogP contribution in [-0.4, -0.2) is 31.6 Å². The highest BCUT2D eigenvalue weighted by Gasteiger charge is 2.13. The van der Waals surface area contributed by atoms with Gasteiger partial charge in [-0.25, -0.2) is 4.79 Å². The Morgan fingerprint density at radius 3 is 2.58 bits per heavy atom. The summed E-state index contributed by atoms with van der Waals surface area (Å²) in [4.78, 5) is 22.2. The second-order valence-corrected chi connectivity index (χ2v) is 4.55. The van der Waals surface area contributed by atoms with E-state index >= 15 is 0 Å². The predicted octanol–water partition coefficient (Wildman–Crippen LogP) is 2.39. The van der Waals surface area contributed by atoms with Crippen LogP contribution in [0.3, 0.4) is 0 Å². The van der Waals surface area contributed by atoms with Crippen LogP contribution in [0.4, 0.5) is 5.69 Å². The molecule has 6 heteroatoms. The normalized spacial score (nSPS) is 11.0. The van der Waals surface area contributed by atoms with Gasteiger partial charge in [-0.1, -0.05) is 15.9 Å². The van der Waals surface area contributed by atoms with Crippen molar-refractivity contribution in [3.05, 3.63) is 28.7 Å². The third kappa shape index (κ3) is 4.82. The van der Waals surface area contributed by atoms with Gasteiger partial charge in [0.05, 0.1) is 18.7 Å². The molecule has 0 N–H and O–H groups in total. The fourth-order valence-electron chi connectivity index (χ4n) is 1.35. The van der Waals surface area contributed by atoms with Crippen LogP contribution in [0.2, 0.25) is 0 Å². The largest absolute Gasteiger partial charge is 0.461 e. The third-order valence-corrected chi connectivity index (χ3v) is 2.79. The second-order valence-electron chi connectivity index (χ2n) is 3.64. The summed E-state index contributed by atoms with van der Waals surface area (Å²) in [5, 5.41) is 5.64. The molecule has 0 saturated heterocycles. The molecule has 1 rings (SSSR count). The number of hydrogen-bond acceptors (Lipinski definition) is 5. The Hall–Kier alpha value is -1.69. The summed E-state index contributed by atoms with van der Waals surface area (Å²) in [5.41, 5.74) is 0.887. The van der Waals surface area contributed by atoms with E-state index < -0.39 is 5.97 Å². The highest BCUT2D eigenvalue weighted by Crippen LogP contribution is 2.17. The van der Waals surface area contributed by atoms with Gasteiger partial charge in [0.1, 0.15) is 6.29 Å². The molecule has 102 valence electrons. The van der Waals surface area contributed by atoms with E-state index in [-0.39, 0.29) is 18.7 Å². The molecule has 0 aliphatic carbocycles. The van der Waals surface area contributed by atoms with Gasteiger partial charge in [0.15, 0.2) is 5.71 Å². The quantitative estimate of drug-likeness (QED) is 0.348. The average molecular weight is 327 g/mol. The lowest BCUT2D eigenvalue weighted by atomic mass is 10.3. The van der Waals surface area contributed by atoms with Gasteiger partial charge < -0.3 is 9.53 Å². The molecular weight excluding hydrogens is 312 g/mol. The van der Waals surface area contributed by atoms with Crippen molar-refractivity contribution in [1.82, 2.24) is 0 Å². The molecule has 0 amide bonds. The summed E-state index contributed by atoms with van der Waals surface area (Å²) < 4.78 is 5.80. The first-order valence-electron chi connectivity index (χ1n) is 5.76. The maximum atomic E-state index is 11.6. The number of anilines is 1. The summed E-state index contributed by atoms with van der Waals surface area (Å²) in [6.07, 6.45) is 0.560. The molecule has 0 bridgehead atoms. The minimum Gasteiger partial charge on any atom is -0.461 e. The topological polar surface area (TPSA) is 59.0 Å². The molecule has 1 aromatic carbocycles. The molecule has 0 unspecified atom stereocenters. The number of halogens is 1. The van der Waals surface area contributed by atoms with Gasteiger partial charge in [-0.05, 0) is 31.2 Å². The van der Waals surface area contributed by atoms with E-state index in [1.54, 1.807) is 14.0 Å². The van der Waals surface area contributed by atoms with Crippen molar-refractivity contribution in [2.24, 2.45) is 5.10 Å². The first-order chi connectivity index (χ1) is 9.08. The Balaban J connectivity index is 2.90. The maximum absolute atomic E-state index is 11.6. The first-order valence-corrected chi connectivity index (χ1v) is 6.55. The van der Waals surface area contributed by atoms with Crippen LogP contribution in [0, 0.1) is 0 Å². The van der Waals surface area contributed by atoms with Gasteiger partial charge in [0, 0.05) is 11.5 Å². The Morgan fingerprint density at radius 2 is 2.05 bits per heavy atom. The number of hydrazone groups is 1. The van der Waals surface area contributed by atoms with E-state index in [9.17, 15) is 9.59 Å². The summed E-state index contributed by atoms with van der Waals surface area (Å²) in [7, 11) is 1.70. The lowest BCUT2D eigenvalue weighted by molar-refractivity contribution is -0.135. The zero-order valence-corrected chi connectivity index (χ0v) is 12.4. The van der Waals surface area contributed by atoms with E-state index in [0.717, 1.165) is 10.2 Å². The van der Waals surface area contributed by atoms with E-state index in [1.807, 2.05) is 24.3 Å². The van der Waals surface area contributed by atoms with Crippen LogP contribution in [0.5, 0.6) is 0 Å². The highest BCUT2D eigenvalue weighted by molar-refractivity contribution is 9.10. The molecule has 5 nitrogen and oxygen atoms in total. The van der Waals surface area contributed by atoms with Crippen LogP contribution in [0.15, 0.2) is 33.8 Å². The van der Waals surface area contributed by atoms with E-state index in [0.29, 0.717) is 6.29 Å². The van der Waals surface area contributed by atoms with E-state index in [2.05, 4.69) is 21.0 Å². The fourth-order valence-corrected chi connectivity index (χ4v) is 1.62. The van der Waals surface area contributed by atoms with Crippen molar-refractivity contribution < 1.29 is 14.3 Å². The van der Waals surface area contributed by atoms with Crippen molar-refractivity contribution in [2.75, 3.05) is 18.7 Å². The van der Waals surface area contributed by atoms with Crippen LogP contribution in [-0.2, 0) is 14.3 Å². The lowest BCUT2D eigenvalue weighted by Gasteiger charge is -2.14. The molecule has 0 fully saturated rings. The van der Waals surface area contributed by atoms with Crippen LogP contribution >= 0.6 is 15.9 Å². The number of rotatable bonds is 6. The molecule has 0 aliphatic heterocycles. The van der Waals surface area contributed by atoms with Crippen molar-refractivity contribution in [1.29, 1.82) is 0 Å². The van der Waals surface area contributed by atoms with Crippen LogP contribution in [0.25, 0.3) is 0 Å². The monoisotopic (exact) mass is 326 g/mol. The lowest BCUT2D eigenvalue weighted by Crippen LogP contribution is -2.22. The molecule has 0 radical (unpaired) electrons. The van der Waals surface area contributed by atoms with Crippen LogP contribution < -0.4 is 5.01 Å². The maximum Gasteiger partial charge on any atom is 0.354 e. The van der Waals surface area contributed by atoms with Crippen LogP contribution in [0.1, 0.15) is 13.3 Å². The zero-order chi connectivity index (χ0) is 14.3. The number of carbonyl (C=O) groups excluding carboxylic acids is 2. The molecule has 0 atom stereocenters. The molecule has 0 aliphatic rings. The Morgan fingerprint density at radius 1 is 1.42 bits per heavy atom. The van der Waals surface area contributed by atoms with E-state index in [1.165, 1.54) is 5.01 Å². The minimum atomic E-state index is -0.571. The first kappa shape index (κ1) is 15.4. The number of carbonyl (C=O) groups is 2. The Bertz CT molecular complexity index is 471. The van der Waals surface area contributed by atoms with Gasteiger partial charge in [0.25, 0.3) is 0 Å². The highest BCUT2D eigenvalue weighted by atomic mass is 79.9. The van der Waals surface area contributed by atoms with E-state index in [4.69, 9.17) is 4.74 Å². The molecular formula is C13H15BrN2O3. The molecule has 0 saturated carbocycles. The number of esters is 1. The summed E-state index contributed by atoms with van der Waals surface area (Å²) in [6, 6.07) is 7.42. The smallest absolute Gasteiger partial charge is 0.354 e. The number of hydrogen-bond donors (Lipinski definition) is 0. The SMILES string of the molecule is CCOC(=O)/C(CC=O)=N/N(C)c1ccc(Br)cc1. The van der Waals surface area contributed by atoms with Gasteiger partial charge in [0.2, 0.25) is 0 Å². The van der Waals surface area contributed by atoms with Crippen molar-refractivity contribution >= 4 is 39.6 Å². The van der Waals surface area contributed by atoms with Gasteiger partial charge in [-0.15, -0.1) is 0 Å². The van der Waals surface area contributed by atoms with Crippen molar-refractivity contribution in [3.8, 4) is 0 Å². The Labute approximate surface area is 120 Å². The van der Waals surface area contributed by atoms with Crippen molar-refractivity contribution in [2.45, 2.75) is 13.3 Å². The number of nitrogens with zero attached hydrogens (tertiary/aromatic N) is 2. The van der Waals surface area contributed by atoms with Gasteiger partial charge in [-0.3, -0.25) is 5.01 Å². The minimum absolute atomic E-state index is 0.0697. The molecule has 0 aromatic heterocycles. The number of benzene rings is 1. The fraction of sp³-hybridized carbons (Fsp3) is 0.308. The zero-order valence-electron chi connectivity index (χ0n) is 10.8.